The zero-order chi connectivity index (χ0) is 22.9. The van der Waals surface area contributed by atoms with Gasteiger partial charge in [-0.3, -0.25) is 9.59 Å². The number of hydrogen-bond donors (Lipinski definition) is 2. The fourth-order valence-electron chi connectivity index (χ4n) is 2.73. The number of anilines is 2. The lowest BCUT2D eigenvalue weighted by atomic mass is 10.2. The van der Waals surface area contributed by atoms with E-state index in [0.29, 0.717) is 34.5 Å². The van der Waals surface area contributed by atoms with Crippen LogP contribution in [0.4, 0.5) is 11.4 Å². The molecule has 0 saturated heterocycles. The Morgan fingerprint density at radius 3 is 2.28 bits per heavy atom. The first-order valence-corrected chi connectivity index (χ1v) is 10.9. The first-order chi connectivity index (χ1) is 15.5. The molecule has 0 aliphatic carbocycles. The van der Waals surface area contributed by atoms with Crippen LogP contribution in [0.25, 0.3) is 0 Å². The fourth-order valence-corrected chi connectivity index (χ4v) is 3.46. The third-order valence-electron chi connectivity index (χ3n) is 4.31. The number of rotatable bonds is 9. The van der Waals surface area contributed by atoms with Gasteiger partial charge in [0.1, 0.15) is 5.82 Å². The van der Waals surface area contributed by atoms with E-state index in [4.69, 9.17) is 4.74 Å². The minimum Gasteiger partial charge on any atom is -0.462 e. The van der Waals surface area contributed by atoms with E-state index in [9.17, 15) is 14.4 Å². The summed E-state index contributed by atoms with van der Waals surface area (Å²) in [6, 6.07) is 15.6. The average Bonchev–Trinajstić information content (AvgIpc) is 3.12. The standard InChI is InChI=1S/C22H23N5O4S/c1-3-31-21(30)15-9-11-17(12-10-15)24-20(29)14-32-22-26-25-18(27(22)2)13-19(28)23-16-7-5-4-6-8-16/h4-12H,3,13-14H2,1-2H3,(H,23,28)(H,24,29). The Morgan fingerprint density at radius 2 is 1.59 bits per heavy atom. The molecule has 0 aliphatic rings. The number of esters is 1. The normalized spacial score (nSPS) is 10.4. The van der Waals surface area contributed by atoms with E-state index < -0.39 is 5.97 Å². The Bertz CT molecular complexity index is 1080. The van der Waals surface area contributed by atoms with Gasteiger partial charge >= 0.3 is 5.97 Å². The van der Waals surface area contributed by atoms with Crippen molar-refractivity contribution in [1.29, 1.82) is 0 Å². The molecule has 0 radical (unpaired) electrons. The summed E-state index contributed by atoms with van der Waals surface area (Å²) in [6.45, 7) is 2.04. The number of benzene rings is 2. The van der Waals surface area contributed by atoms with Crippen LogP contribution in [-0.4, -0.2) is 44.9 Å². The van der Waals surface area contributed by atoms with Gasteiger partial charge < -0.3 is 19.9 Å². The number of carbonyl (C=O) groups excluding carboxylic acids is 3. The van der Waals surface area contributed by atoms with Gasteiger partial charge in [-0.2, -0.15) is 0 Å². The van der Waals surface area contributed by atoms with Crippen LogP contribution < -0.4 is 10.6 Å². The summed E-state index contributed by atoms with van der Waals surface area (Å²) in [5.74, 6) is -0.230. The SMILES string of the molecule is CCOC(=O)c1ccc(NC(=O)CSc2nnc(CC(=O)Nc3ccccc3)n2C)cc1. The molecule has 0 spiro atoms. The second-order valence-corrected chi connectivity index (χ2v) is 7.63. The van der Waals surface area contributed by atoms with Gasteiger partial charge in [0.25, 0.3) is 0 Å². The molecule has 10 heteroatoms. The first kappa shape index (κ1) is 23.0. The van der Waals surface area contributed by atoms with Crippen LogP contribution >= 0.6 is 11.8 Å². The second kappa shape index (κ2) is 11.1. The van der Waals surface area contributed by atoms with Gasteiger partial charge in [-0.1, -0.05) is 30.0 Å². The quantitative estimate of drug-likeness (QED) is 0.378. The number of carbonyl (C=O) groups is 3. The highest BCUT2D eigenvalue weighted by atomic mass is 32.2. The molecule has 0 saturated carbocycles. The third kappa shape index (κ3) is 6.42. The summed E-state index contributed by atoms with van der Waals surface area (Å²) >= 11 is 1.21. The summed E-state index contributed by atoms with van der Waals surface area (Å²) in [5, 5.41) is 14.2. The maximum absolute atomic E-state index is 12.3. The van der Waals surface area contributed by atoms with Crippen molar-refractivity contribution in [2.45, 2.75) is 18.5 Å². The van der Waals surface area contributed by atoms with Crippen molar-refractivity contribution in [3.8, 4) is 0 Å². The molecule has 0 bridgehead atoms. The first-order valence-electron chi connectivity index (χ1n) is 9.89. The van der Waals surface area contributed by atoms with Gasteiger partial charge in [0, 0.05) is 18.4 Å². The highest BCUT2D eigenvalue weighted by Gasteiger charge is 2.15. The maximum atomic E-state index is 12.3. The molecular weight excluding hydrogens is 430 g/mol. The Morgan fingerprint density at radius 1 is 0.938 bits per heavy atom. The summed E-state index contributed by atoms with van der Waals surface area (Å²) in [4.78, 5) is 36.2. The zero-order valence-corrected chi connectivity index (χ0v) is 18.5. The van der Waals surface area contributed by atoms with E-state index in [1.165, 1.54) is 11.8 Å². The predicted molar refractivity (Wildman–Crippen MR) is 122 cm³/mol. The number of hydrogen-bond acceptors (Lipinski definition) is 7. The number of nitrogens with one attached hydrogen (secondary N) is 2. The minimum atomic E-state index is -0.406. The highest BCUT2D eigenvalue weighted by molar-refractivity contribution is 7.99. The largest absolute Gasteiger partial charge is 0.462 e. The topological polar surface area (TPSA) is 115 Å². The Balaban J connectivity index is 1.49. The van der Waals surface area contributed by atoms with Gasteiger partial charge in [-0.25, -0.2) is 4.79 Å². The lowest BCUT2D eigenvalue weighted by molar-refractivity contribution is -0.116. The fraction of sp³-hybridized carbons (Fsp3) is 0.227. The van der Waals surface area contributed by atoms with E-state index in [0.717, 1.165) is 0 Å². The average molecular weight is 454 g/mol. The minimum absolute atomic E-state index is 0.0674. The molecule has 0 fully saturated rings. The van der Waals surface area contributed by atoms with Crippen molar-refractivity contribution < 1.29 is 19.1 Å². The predicted octanol–water partition coefficient (Wildman–Crippen LogP) is 2.90. The van der Waals surface area contributed by atoms with Gasteiger partial charge in [0.2, 0.25) is 11.8 Å². The van der Waals surface area contributed by atoms with Crippen LogP contribution in [0.1, 0.15) is 23.1 Å². The summed E-state index contributed by atoms with van der Waals surface area (Å²) < 4.78 is 6.62. The number of thioether (sulfide) groups is 1. The molecule has 0 aliphatic heterocycles. The monoisotopic (exact) mass is 453 g/mol. The Hall–Kier alpha value is -3.66. The van der Waals surface area contributed by atoms with Crippen molar-refractivity contribution in [2.24, 2.45) is 7.05 Å². The van der Waals surface area contributed by atoms with Crippen molar-refractivity contribution in [1.82, 2.24) is 14.8 Å². The van der Waals surface area contributed by atoms with Gasteiger partial charge in [-0.15, -0.1) is 10.2 Å². The Labute approximate surface area is 189 Å². The van der Waals surface area contributed by atoms with E-state index in [2.05, 4.69) is 20.8 Å². The van der Waals surface area contributed by atoms with Crippen LogP contribution in [0.15, 0.2) is 59.8 Å². The van der Waals surface area contributed by atoms with Crippen molar-refractivity contribution in [3.63, 3.8) is 0 Å². The molecule has 3 aromatic rings. The van der Waals surface area contributed by atoms with E-state index in [1.54, 1.807) is 54.9 Å². The van der Waals surface area contributed by atoms with Gasteiger partial charge in [0.05, 0.1) is 24.3 Å². The third-order valence-corrected chi connectivity index (χ3v) is 5.33. The van der Waals surface area contributed by atoms with Crippen LogP contribution in [-0.2, 0) is 27.8 Å². The highest BCUT2D eigenvalue weighted by Crippen LogP contribution is 2.17. The molecule has 2 N–H and O–H groups in total. The van der Waals surface area contributed by atoms with Crippen molar-refractivity contribution >= 4 is 40.9 Å². The molecule has 2 amide bonds. The van der Waals surface area contributed by atoms with Crippen LogP contribution in [0.3, 0.4) is 0 Å². The van der Waals surface area contributed by atoms with E-state index >= 15 is 0 Å². The second-order valence-electron chi connectivity index (χ2n) is 6.68. The maximum Gasteiger partial charge on any atom is 0.338 e. The van der Waals surface area contributed by atoms with Gasteiger partial charge in [0.15, 0.2) is 5.16 Å². The van der Waals surface area contributed by atoms with Crippen LogP contribution in [0.5, 0.6) is 0 Å². The summed E-state index contributed by atoms with van der Waals surface area (Å²) in [5.41, 5.74) is 1.70. The molecule has 32 heavy (non-hydrogen) atoms. The molecule has 1 heterocycles. The van der Waals surface area contributed by atoms with Crippen molar-refractivity contribution in [3.05, 3.63) is 66.0 Å². The van der Waals surface area contributed by atoms with Crippen LogP contribution in [0, 0.1) is 0 Å². The number of ether oxygens (including phenoxy) is 1. The lowest BCUT2D eigenvalue weighted by Gasteiger charge is -2.07. The van der Waals surface area contributed by atoms with Crippen LogP contribution in [0.2, 0.25) is 0 Å². The summed E-state index contributed by atoms with van der Waals surface area (Å²) in [7, 11) is 1.75. The zero-order valence-electron chi connectivity index (χ0n) is 17.7. The van der Waals surface area contributed by atoms with E-state index in [1.807, 2.05) is 18.2 Å². The molecule has 9 nitrogen and oxygen atoms in total. The summed E-state index contributed by atoms with van der Waals surface area (Å²) in [6.07, 6.45) is 0.0674. The van der Waals surface area contributed by atoms with E-state index in [-0.39, 0.29) is 24.0 Å². The molecule has 0 unspecified atom stereocenters. The number of para-hydroxylation sites is 1. The molecule has 3 rings (SSSR count). The number of aromatic nitrogens is 3. The molecule has 2 aromatic carbocycles. The Kier molecular flexibility index (Phi) is 7.98. The lowest BCUT2D eigenvalue weighted by Crippen LogP contribution is -2.17. The number of nitrogens with zero attached hydrogens (tertiary/aromatic N) is 3. The van der Waals surface area contributed by atoms with Gasteiger partial charge in [-0.05, 0) is 43.3 Å². The molecular formula is C22H23N5O4S. The van der Waals surface area contributed by atoms with Crippen molar-refractivity contribution in [2.75, 3.05) is 23.0 Å². The molecule has 1 aromatic heterocycles. The smallest absolute Gasteiger partial charge is 0.338 e. The molecule has 166 valence electrons. The molecule has 0 atom stereocenters. The number of amides is 2.